The lowest BCUT2D eigenvalue weighted by Gasteiger charge is -2.29. The van der Waals surface area contributed by atoms with Crippen molar-refractivity contribution in [3.63, 3.8) is 0 Å². The number of hydrogen-bond donors (Lipinski definition) is 6. The number of unbranched alkanes of at least 4 members (excludes halogenated alkanes) is 1. The maximum absolute atomic E-state index is 13.9. The minimum atomic E-state index is -1.00. The van der Waals surface area contributed by atoms with E-state index in [1.165, 1.54) is 0 Å². The number of benzene rings is 2. The van der Waals surface area contributed by atoms with Crippen LogP contribution in [-0.4, -0.2) is 83.4 Å². The normalized spacial score (nSPS) is 20.7. The summed E-state index contributed by atoms with van der Waals surface area (Å²) in [6.45, 7) is 5.27. The molecule has 0 bridgehead atoms. The van der Waals surface area contributed by atoms with E-state index in [1.54, 1.807) is 4.90 Å². The molecular weight excluding hydrogens is 636 g/mol. The Kier molecular flexibility index (Phi) is 14.4. The summed E-state index contributed by atoms with van der Waals surface area (Å²) >= 11 is 0. The van der Waals surface area contributed by atoms with Gasteiger partial charge in [-0.3, -0.25) is 24.0 Å². The molecule has 2 aliphatic rings. The van der Waals surface area contributed by atoms with Crippen LogP contribution in [0.2, 0.25) is 0 Å². The van der Waals surface area contributed by atoms with Crippen molar-refractivity contribution in [2.75, 3.05) is 19.6 Å². The number of amides is 4. The van der Waals surface area contributed by atoms with Crippen LogP contribution in [0, 0.1) is 23.7 Å². The Morgan fingerprint density at radius 3 is 1.82 bits per heavy atom. The number of carboxylic acids is 1. The third-order valence-corrected chi connectivity index (χ3v) is 9.86. The average Bonchev–Trinajstić information content (AvgIpc) is 3.68. The molecule has 1 saturated carbocycles. The topological polar surface area (TPSA) is 197 Å². The molecule has 1 saturated heterocycles. The number of rotatable bonds is 18. The van der Waals surface area contributed by atoms with Gasteiger partial charge >= 0.3 is 5.97 Å². The minimum Gasteiger partial charge on any atom is -0.481 e. The Morgan fingerprint density at radius 2 is 1.28 bits per heavy atom. The number of carboxylic acid groups (broad SMARTS) is 1. The van der Waals surface area contributed by atoms with Gasteiger partial charge < -0.3 is 37.4 Å². The summed E-state index contributed by atoms with van der Waals surface area (Å²) in [6.07, 6.45) is 3.60. The summed E-state index contributed by atoms with van der Waals surface area (Å²) in [5.41, 5.74) is 13.7. The van der Waals surface area contributed by atoms with Gasteiger partial charge in [-0.2, -0.15) is 0 Å². The van der Waals surface area contributed by atoms with Gasteiger partial charge in [0.15, 0.2) is 0 Å². The molecule has 0 spiro atoms. The van der Waals surface area contributed by atoms with Crippen molar-refractivity contribution in [1.82, 2.24) is 20.9 Å². The molecule has 2 aromatic carbocycles. The van der Waals surface area contributed by atoms with Crippen molar-refractivity contribution < 1.29 is 29.1 Å². The van der Waals surface area contributed by atoms with E-state index < -0.39 is 47.9 Å². The van der Waals surface area contributed by atoms with Gasteiger partial charge in [0.2, 0.25) is 23.6 Å². The predicted octanol–water partition coefficient (Wildman–Crippen LogP) is 2.00. The van der Waals surface area contributed by atoms with Gasteiger partial charge in [0, 0.05) is 19.5 Å². The summed E-state index contributed by atoms with van der Waals surface area (Å²) in [4.78, 5) is 68.2. The maximum atomic E-state index is 13.9. The van der Waals surface area contributed by atoms with Crippen LogP contribution in [0.25, 0.3) is 0 Å². The second kappa shape index (κ2) is 18.6. The molecule has 1 heterocycles. The zero-order valence-corrected chi connectivity index (χ0v) is 29.3. The van der Waals surface area contributed by atoms with Crippen LogP contribution < -0.4 is 27.4 Å². The van der Waals surface area contributed by atoms with Crippen LogP contribution in [0.1, 0.15) is 63.5 Å². The molecule has 2 fully saturated rings. The molecule has 50 heavy (non-hydrogen) atoms. The van der Waals surface area contributed by atoms with E-state index in [0.29, 0.717) is 64.6 Å². The van der Waals surface area contributed by atoms with Gasteiger partial charge in [-0.05, 0) is 80.4 Å². The first-order valence-corrected chi connectivity index (χ1v) is 17.9. The molecule has 6 unspecified atom stereocenters. The van der Waals surface area contributed by atoms with Gasteiger partial charge in [0.25, 0.3) is 0 Å². The molecule has 4 amide bonds. The van der Waals surface area contributed by atoms with E-state index in [-0.39, 0.29) is 36.0 Å². The summed E-state index contributed by atoms with van der Waals surface area (Å²) in [7, 11) is 0. The fourth-order valence-electron chi connectivity index (χ4n) is 7.20. The van der Waals surface area contributed by atoms with Crippen molar-refractivity contribution in [2.24, 2.45) is 35.1 Å². The minimum absolute atomic E-state index is 0.0269. The fourth-order valence-corrected chi connectivity index (χ4v) is 7.20. The lowest BCUT2D eigenvalue weighted by atomic mass is 9.99. The molecule has 6 atom stereocenters. The van der Waals surface area contributed by atoms with Crippen LogP contribution in [0.5, 0.6) is 0 Å². The number of fused-ring (bicyclic) bond motifs is 1. The smallest absolute Gasteiger partial charge is 0.306 e. The van der Waals surface area contributed by atoms with E-state index >= 15 is 0 Å². The molecule has 0 radical (unpaired) electrons. The highest BCUT2D eigenvalue weighted by Crippen LogP contribution is 2.41. The predicted molar refractivity (Wildman–Crippen MR) is 190 cm³/mol. The molecule has 1 aliphatic carbocycles. The number of nitrogens with one attached hydrogen (secondary N) is 3. The van der Waals surface area contributed by atoms with Crippen molar-refractivity contribution in [3.05, 3.63) is 71.8 Å². The van der Waals surface area contributed by atoms with Gasteiger partial charge in [-0.15, -0.1) is 0 Å². The molecule has 272 valence electrons. The maximum Gasteiger partial charge on any atom is 0.306 e. The van der Waals surface area contributed by atoms with Crippen molar-refractivity contribution >= 4 is 29.6 Å². The standard InChI is InChI=1S/C38H54N6O6/c1-24(2)17-32(35(46)41-31(15-9-10-16-39)37(48)44-22-28-20-27(38(49)50)21-29(28)23-44)43-36(47)33(19-26-13-7-4-8-14-26)42-34(45)30(40)18-25-11-5-3-6-12-25/h3-8,11-14,24,27-33H,9-10,15-23,39-40H2,1-2H3,(H,41,46)(H,42,45)(H,43,47)(H,49,50). The highest BCUT2D eigenvalue weighted by molar-refractivity contribution is 5.95. The van der Waals surface area contributed by atoms with E-state index in [2.05, 4.69) is 16.0 Å². The Labute approximate surface area is 295 Å². The molecule has 4 rings (SSSR count). The summed E-state index contributed by atoms with van der Waals surface area (Å²) in [6, 6.07) is 15.0. The van der Waals surface area contributed by atoms with E-state index in [0.717, 1.165) is 11.1 Å². The van der Waals surface area contributed by atoms with Crippen LogP contribution in [0.4, 0.5) is 0 Å². The lowest BCUT2D eigenvalue weighted by Crippen LogP contribution is -2.58. The Bertz CT molecular complexity index is 1430. The Hall–Kier alpha value is -4.29. The zero-order chi connectivity index (χ0) is 36.2. The number of nitrogens with two attached hydrogens (primary N) is 2. The van der Waals surface area contributed by atoms with Crippen LogP contribution in [0.3, 0.4) is 0 Å². The first-order valence-electron chi connectivity index (χ1n) is 17.9. The van der Waals surface area contributed by atoms with Crippen molar-refractivity contribution in [1.29, 1.82) is 0 Å². The van der Waals surface area contributed by atoms with Crippen LogP contribution in [-0.2, 0) is 36.8 Å². The van der Waals surface area contributed by atoms with Crippen molar-refractivity contribution in [2.45, 2.75) is 89.4 Å². The first-order chi connectivity index (χ1) is 23.9. The number of likely N-dealkylation sites (tertiary alicyclic amines) is 1. The number of aliphatic carboxylic acids is 1. The van der Waals surface area contributed by atoms with E-state index in [4.69, 9.17) is 11.5 Å². The van der Waals surface area contributed by atoms with Gasteiger partial charge in [0.05, 0.1) is 12.0 Å². The number of carbonyl (C=O) groups is 5. The third-order valence-electron chi connectivity index (χ3n) is 9.86. The van der Waals surface area contributed by atoms with Crippen LogP contribution >= 0.6 is 0 Å². The van der Waals surface area contributed by atoms with Gasteiger partial charge in [-0.25, -0.2) is 0 Å². The molecule has 1 aliphatic heterocycles. The molecule has 12 heteroatoms. The van der Waals surface area contributed by atoms with Crippen molar-refractivity contribution in [3.8, 4) is 0 Å². The third kappa shape index (κ3) is 11.1. The lowest BCUT2D eigenvalue weighted by molar-refractivity contribution is -0.141. The van der Waals surface area contributed by atoms with E-state index in [1.807, 2.05) is 74.5 Å². The zero-order valence-electron chi connectivity index (χ0n) is 29.3. The molecule has 8 N–H and O–H groups in total. The second-order valence-corrected chi connectivity index (χ2v) is 14.4. The largest absolute Gasteiger partial charge is 0.481 e. The molecule has 12 nitrogen and oxygen atoms in total. The van der Waals surface area contributed by atoms with Gasteiger partial charge in [-0.1, -0.05) is 74.5 Å². The Morgan fingerprint density at radius 1 is 0.760 bits per heavy atom. The number of nitrogens with zero attached hydrogens (tertiary/aromatic N) is 1. The monoisotopic (exact) mass is 690 g/mol. The molecular formula is C38H54N6O6. The Balaban J connectivity index is 1.46. The highest BCUT2D eigenvalue weighted by Gasteiger charge is 2.45. The second-order valence-electron chi connectivity index (χ2n) is 14.4. The fraction of sp³-hybridized carbons (Fsp3) is 0.553. The molecule has 2 aromatic rings. The quantitative estimate of drug-likeness (QED) is 0.128. The van der Waals surface area contributed by atoms with E-state index in [9.17, 15) is 29.1 Å². The SMILES string of the molecule is CC(C)CC(NC(=O)C(Cc1ccccc1)NC(=O)C(N)Cc1ccccc1)C(=O)NC(CCCCN)C(=O)N1CC2CC(C(=O)O)CC2C1. The summed E-state index contributed by atoms with van der Waals surface area (Å²) < 4.78 is 0. The van der Waals surface area contributed by atoms with Gasteiger partial charge in [0.1, 0.15) is 18.1 Å². The van der Waals surface area contributed by atoms with Crippen LogP contribution in [0.15, 0.2) is 60.7 Å². The summed E-state index contributed by atoms with van der Waals surface area (Å²) in [5.74, 6) is -2.56. The number of carbonyl (C=O) groups excluding carboxylic acids is 4. The number of hydrogen-bond acceptors (Lipinski definition) is 7. The highest BCUT2D eigenvalue weighted by atomic mass is 16.4. The average molecular weight is 691 g/mol. The molecule has 0 aromatic heterocycles. The summed E-state index contributed by atoms with van der Waals surface area (Å²) in [5, 5.41) is 18.1. The first kappa shape index (κ1) is 38.5.